The molecule has 0 aliphatic carbocycles. The summed E-state index contributed by atoms with van der Waals surface area (Å²) >= 11 is 0. The van der Waals surface area contributed by atoms with Crippen molar-refractivity contribution in [3.05, 3.63) is 48.0 Å². The molecule has 0 aliphatic heterocycles. The average molecular weight is 270 g/mol. The lowest BCUT2D eigenvalue weighted by molar-refractivity contribution is -0.120. The van der Waals surface area contributed by atoms with Crippen LogP contribution in [0.3, 0.4) is 0 Å². The van der Waals surface area contributed by atoms with E-state index in [0.29, 0.717) is 13.1 Å². The van der Waals surface area contributed by atoms with Crippen LogP contribution in [-0.2, 0) is 11.3 Å². The van der Waals surface area contributed by atoms with Gasteiger partial charge in [0.05, 0.1) is 6.54 Å². The van der Waals surface area contributed by atoms with Gasteiger partial charge in [-0.25, -0.2) is 0 Å². The third kappa shape index (κ3) is 3.81. The molecule has 0 saturated heterocycles. The Kier molecular flexibility index (Phi) is 5.13. The summed E-state index contributed by atoms with van der Waals surface area (Å²) in [5.74, 6) is 0.0552. The van der Waals surface area contributed by atoms with Gasteiger partial charge in [-0.1, -0.05) is 49.4 Å². The number of rotatable bonds is 6. The van der Waals surface area contributed by atoms with Crippen molar-refractivity contribution in [3.8, 4) is 0 Å². The summed E-state index contributed by atoms with van der Waals surface area (Å²) in [6, 6.07) is 14.8. The van der Waals surface area contributed by atoms with Gasteiger partial charge in [-0.3, -0.25) is 4.79 Å². The Labute approximate surface area is 120 Å². The number of amides is 1. The molecule has 0 heterocycles. The van der Waals surface area contributed by atoms with Crippen molar-refractivity contribution in [2.75, 3.05) is 6.54 Å². The molecule has 0 fully saturated rings. The Bertz CT molecular complexity index is 575. The predicted molar refractivity (Wildman–Crippen MR) is 83.6 cm³/mol. The molecule has 0 bridgehead atoms. The molecule has 0 aromatic heterocycles. The van der Waals surface area contributed by atoms with Crippen LogP contribution in [0, 0.1) is 0 Å². The van der Waals surface area contributed by atoms with E-state index in [1.165, 1.54) is 16.3 Å². The van der Waals surface area contributed by atoms with E-state index in [1.807, 2.05) is 19.1 Å². The van der Waals surface area contributed by atoms with E-state index >= 15 is 0 Å². The summed E-state index contributed by atoms with van der Waals surface area (Å²) in [5.41, 5.74) is 1.22. The molecular formula is C17H22N2O. The van der Waals surface area contributed by atoms with E-state index in [2.05, 4.69) is 47.9 Å². The molecule has 0 spiro atoms. The molecule has 0 radical (unpaired) electrons. The van der Waals surface area contributed by atoms with Crippen molar-refractivity contribution in [1.82, 2.24) is 10.6 Å². The molecule has 106 valence electrons. The maximum absolute atomic E-state index is 11.7. The van der Waals surface area contributed by atoms with Crippen molar-refractivity contribution in [2.24, 2.45) is 0 Å². The first-order chi connectivity index (χ1) is 9.70. The van der Waals surface area contributed by atoms with Crippen LogP contribution in [0.4, 0.5) is 0 Å². The first kappa shape index (κ1) is 14.5. The lowest BCUT2D eigenvalue weighted by Crippen LogP contribution is -2.38. The number of nitrogens with one attached hydrogen (secondary N) is 2. The Balaban J connectivity index is 1.92. The minimum absolute atomic E-state index is 0.0552. The van der Waals surface area contributed by atoms with Crippen molar-refractivity contribution < 1.29 is 4.79 Å². The van der Waals surface area contributed by atoms with Crippen LogP contribution in [0.5, 0.6) is 0 Å². The molecule has 2 aromatic rings. The fourth-order valence-electron chi connectivity index (χ4n) is 2.19. The molecular weight excluding hydrogens is 248 g/mol. The summed E-state index contributed by atoms with van der Waals surface area (Å²) in [6.07, 6.45) is 0.953. The zero-order valence-electron chi connectivity index (χ0n) is 12.1. The maximum Gasteiger partial charge on any atom is 0.234 e. The molecule has 0 saturated carbocycles. The van der Waals surface area contributed by atoms with Crippen molar-refractivity contribution in [3.63, 3.8) is 0 Å². The summed E-state index contributed by atoms with van der Waals surface area (Å²) in [4.78, 5) is 11.7. The first-order valence-electron chi connectivity index (χ1n) is 7.17. The Morgan fingerprint density at radius 3 is 2.70 bits per heavy atom. The number of carbonyl (C=O) groups is 1. The second-order valence-corrected chi connectivity index (χ2v) is 5.12. The summed E-state index contributed by atoms with van der Waals surface area (Å²) in [7, 11) is 0. The van der Waals surface area contributed by atoms with E-state index < -0.39 is 0 Å². The highest BCUT2D eigenvalue weighted by molar-refractivity contribution is 5.85. The molecule has 2 aromatic carbocycles. The minimum Gasteiger partial charge on any atom is -0.353 e. The topological polar surface area (TPSA) is 41.1 Å². The highest BCUT2D eigenvalue weighted by atomic mass is 16.1. The van der Waals surface area contributed by atoms with Crippen LogP contribution in [0.25, 0.3) is 10.8 Å². The molecule has 2 N–H and O–H groups in total. The number of benzene rings is 2. The van der Waals surface area contributed by atoms with E-state index in [-0.39, 0.29) is 11.9 Å². The molecule has 1 unspecified atom stereocenters. The Morgan fingerprint density at radius 2 is 1.90 bits per heavy atom. The van der Waals surface area contributed by atoms with Gasteiger partial charge in [0.1, 0.15) is 0 Å². The van der Waals surface area contributed by atoms with Crippen LogP contribution in [0.15, 0.2) is 42.5 Å². The quantitative estimate of drug-likeness (QED) is 0.847. The maximum atomic E-state index is 11.7. The van der Waals surface area contributed by atoms with Crippen LogP contribution in [0.2, 0.25) is 0 Å². The summed E-state index contributed by atoms with van der Waals surface area (Å²) in [6.45, 7) is 5.14. The van der Waals surface area contributed by atoms with Gasteiger partial charge < -0.3 is 10.6 Å². The predicted octanol–water partition coefficient (Wildman–Crippen LogP) is 2.84. The summed E-state index contributed by atoms with van der Waals surface area (Å²) < 4.78 is 0. The molecule has 2 rings (SSSR count). The largest absolute Gasteiger partial charge is 0.353 e. The lowest BCUT2D eigenvalue weighted by atomic mass is 10.0. The average Bonchev–Trinajstić information content (AvgIpc) is 2.47. The molecule has 3 nitrogen and oxygen atoms in total. The third-order valence-electron chi connectivity index (χ3n) is 3.50. The van der Waals surface area contributed by atoms with E-state index in [1.54, 1.807) is 0 Å². The van der Waals surface area contributed by atoms with Crippen molar-refractivity contribution >= 4 is 16.7 Å². The van der Waals surface area contributed by atoms with Crippen molar-refractivity contribution in [1.29, 1.82) is 0 Å². The SMILES string of the molecule is CCC(C)NC(=O)CNCc1cccc2ccccc12. The van der Waals surface area contributed by atoms with Crippen molar-refractivity contribution in [2.45, 2.75) is 32.9 Å². The van der Waals surface area contributed by atoms with Crippen LogP contribution in [-0.4, -0.2) is 18.5 Å². The second kappa shape index (κ2) is 7.06. The van der Waals surface area contributed by atoms with Gasteiger partial charge in [0.2, 0.25) is 5.91 Å². The fourth-order valence-corrected chi connectivity index (χ4v) is 2.19. The van der Waals surface area contributed by atoms with Gasteiger partial charge in [-0.05, 0) is 29.7 Å². The zero-order valence-corrected chi connectivity index (χ0v) is 12.1. The third-order valence-corrected chi connectivity index (χ3v) is 3.50. The Hall–Kier alpha value is -1.87. The van der Waals surface area contributed by atoms with Crippen LogP contribution >= 0.6 is 0 Å². The number of hydrogen-bond donors (Lipinski definition) is 2. The summed E-state index contributed by atoms with van der Waals surface area (Å²) in [5, 5.41) is 8.64. The van der Waals surface area contributed by atoms with E-state index in [4.69, 9.17) is 0 Å². The van der Waals surface area contributed by atoms with Gasteiger partial charge in [0.15, 0.2) is 0 Å². The fraction of sp³-hybridized carbons (Fsp3) is 0.353. The van der Waals surface area contributed by atoms with Crippen LogP contribution < -0.4 is 10.6 Å². The van der Waals surface area contributed by atoms with Gasteiger partial charge in [0, 0.05) is 12.6 Å². The zero-order chi connectivity index (χ0) is 14.4. The van der Waals surface area contributed by atoms with E-state index in [0.717, 1.165) is 6.42 Å². The standard InChI is InChI=1S/C17H22N2O/c1-3-13(2)19-17(20)12-18-11-15-9-6-8-14-7-4-5-10-16(14)15/h4-10,13,18H,3,11-12H2,1-2H3,(H,19,20). The molecule has 1 atom stereocenters. The smallest absolute Gasteiger partial charge is 0.234 e. The first-order valence-corrected chi connectivity index (χ1v) is 7.17. The molecule has 1 amide bonds. The van der Waals surface area contributed by atoms with Gasteiger partial charge >= 0.3 is 0 Å². The van der Waals surface area contributed by atoms with Gasteiger partial charge in [0.25, 0.3) is 0 Å². The molecule has 3 heteroatoms. The van der Waals surface area contributed by atoms with Crippen LogP contribution in [0.1, 0.15) is 25.8 Å². The monoisotopic (exact) mass is 270 g/mol. The number of hydrogen-bond acceptors (Lipinski definition) is 2. The molecule has 0 aliphatic rings. The van der Waals surface area contributed by atoms with Gasteiger partial charge in [-0.2, -0.15) is 0 Å². The van der Waals surface area contributed by atoms with Gasteiger partial charge in [-0.15, -0.1) is 0 Å². The normalized spacial score (nSPS) is 12.3. The molecule has 20 heavy (non-hydrogen) atoms. The second-order valence-electron chi connectivity index (χ2n) is 5.12. The highest BCUT2D eigenvalue weighted by Gasteiger charge is 2.05. The van der Waals surface area contributed by atoms with E-state index in [9.17, 15) is 4.79 Å². The Morgan fingerprint density at radius 1 is 1.15 bits per heavy atom. The lowest BCUT2D eigenvalue weighted by Gasteiger charge is -2.12. The number of fused-ring (bicyclic) bond motifs is 1. The number of carbonyl (C=O) groups excluding carboxylic acids is 1. The highest BCUT2D eigenvalue weighted by Crippen LogP contribution is 2.17. The minimum atomic E-state index is 0.0552.